The molecule has 0 spiro atoms. The Morgan fingerprint density at radius 3 is 1.97 bits per heavy atom. The normalized spacial score (nSPS) is 13.8. The van der Waals surface area contributed by atoms with Crippen molar-refractivity contribution in [1.82, 2.24) is 16.0 Å². The molecule has 184 valence electrons. The number of hydrogen-bond acceptors (Lipinski definition) is 5. The molecule has 0 aliphatic heterocycles. The van der Waals surface area contributed by atoms with Gasteiger partial charge in [-0.15, -0.1) is 0 Å². The Labute approximate surface area is 197 Å². The summed E-state index contributed by atoms with van der Waals surface area (Å²) in [5.41, 5.74) is 0.834. The van der Waals surface area contributed by atoms with Gasteiger partial charge in [0.15, 0.2) is 0 Å². The third kappa shape index (κ3) is 11.0. The molecule has 1 rings (SSSR count). The molecule has 0 saturated heterocycles. The van der Waals surface area contributed by atoms with Crippen molar-refractivity contribution in [3.63, 3.8) is 0 Å². The van der Waals surface area contributed by atoms with Crippen LogP contribution in [0.3, 0.4) is 0 Å². The van der Waals surface area contributed by atoms with Crippen LogP contribution in [0, 0.1) is 17.8 Å². The zero-order valence-electron chi connectivity index (χ0n) is 20.6. The smallest absolute Gasteiger partial charge is 0.408 e. The van der Waals surface area contributed by atoms with Crippen LogP contribution in [0.2, 0.25) is 0 Å². The molecule has 3 N–H and O–H groups in total. The molecule has 8 nitrogen and oxygen atoms in total. The van der Waals surface area contributed by atoms with Gasteiger partial charge < -0.3 is 25.5 Å². The molecule has 0 aliphatic carbocycles. The number of carbonyl (C=O) groups is 4. The second-order valence-electron chi connectivity index (χ2n) is 9.50. The first-order chi connectivity index (χ1) is 15.5. The zero-order chi connectivity index (χ0) is 25.0. The molecule has 0 heterocycles. The Morgan fingerprint density at radius 2 is 1.45 bits per heavy atom. The molecule has 3 amide bonds. The number of carbonyl (C=O) groups excluding carboxylic acids is 4. The Hall–Kier alpha value is -2.90. The lowest BCUT2D eigenvalue weighted by Gasteiger charge is -2.27. The lowest BCUT2D eigenvalue weighted by molar-refractivity contribution is -0.132. The van der Waals surface area contributed by atoms with Crippen LogP contribution in [-0.4, -0.2) is 42.3 Å². The Kier molecular flexibility index (Phi) is 12.2. The van der Waals surface area contributed by atoms with Gasteiger partial charge >= 0.3 is 6.09 Å². The second kappa shape index (κ2) is 14.3. The van der Waals surface area contributed by atoms with Crippen molar-refractivity contribution in [2.45, 2.75) is 79.1 Å². The maximum absolute atomic E-state index is 13.0. The fraction of sp³-hybridized carbons (Fsp3) is 0.600. The van der Waals surface area contributed by atoms with E-state index in [4.69, 9.17) is 4.74 Å². The first kappa shape index (κ1) is 28.1. The van der Waals surface area contributed by atoms with Gasteiger partial charge in [0.1, 0.15) is 25.0 Å². The number of alkyl carbamates (subject to hydrolysis) is 1. The quantitative estimate of drug-likeness (QED) is 0.391. The van der Waals surface area contributed by atoms with E-state index in [2.05, 4.69) is 16.0 Å². The van der Waals surface area contributed by atoms with Crippen molar-refractivity contribution in [3.8, 4) is 0 Å². The summed E-state index contributed by atoms with van der Waals surface area (Å²) < 4.78 is 5.25. The molecule has 1 aromatic rings. The molecule has 0 bridgehead atoms. The van der Waals surface area contributed by atoms with E-state index in [-0.39, 0.29) is 24.4 Å². The van der Waals surface area contributed by atoms with E-state index < -0.39 is 36.0 Å². The maximum atomic E-state index is 13.0. The predicted molar refractivity (Wildman–Crippen MR) is 127 cm³/mol. The monoisotopic (exact) mass is 461 g/mol. The largest absolute Gasteiger partial charge is 0.445 e. The van der Waals surface area contributed by atoms with Crippen molar-refractivity contribution in [1.29, 1.82) is 0 Å². The summed E-state index contributed by atoms with van der Waals surface area (Å²) in [5.74, 6) is -0.766. The molecule has 0 aromatic heterocycles. The summed E-state index contributed by atoms with van der Waals surface area (Å²) in [5, 5.41) is 8.08. The fourth-order valence-electron chi connectivity index (χ4n) is 3.33. The van der Waals surface area contributed by atoms with E-state index in [0.29, 0.717) is 19.1 Å². The summed E-state index contributed by atoms with van der Waals surface area (Å²) in [4.78, 5) is 49.5. The molecule has 0 saturated carbocycles. The first-order valence-corrected chi connectivity index (χ1v) is 11.6. The summed E-state index contributed by atoms with van der Waals surface area (Å²) >= 11 is 0. The average Bonchev–Trinajstić information content (AvgIpc) is 2.74. The van der Waals surface area contributed by atoms with Crippen molar-refractivity contribution in [2.24, 2.45) is 17.8 Å². The van der Waals surface area contributed by atoms with Gasteiger partial charge in [-0.25, -0.2) is 4.79 Å². The van der Waals surface area contributed by atoms with Gasteiger partial charge in [-0.2, -0.15) is 0 Å². The van der Waals surface area contributed by atoms with Gasteiger partial charge in [0, 0.05) is 0 Å². The SMILES string of the molecule is CC(C)C[C@@H](C=O)NC(=O)[C@@H](NC(=O)[C@H](CC(C)C)NC(=O)OCc1ccccc1)C(C)C. The number of nitrogens with one attached hydrogen (secondary N) is 3. The zero-order valence-corrected chi connectivity index (χ0v) is 20.6. The van der Waals surface area contributed by atoms with Crippen LogP contribution in [0.4, 0.5) is 4.79 Å². The fourth-order valence-corrected chi connectivity index (χ4v) is 3.33. The third-order valence-corrected chi connectivity index (χ3v) is 4.99. The number of benzene rings is 1. The van der Waals surface area contributed by atoms with Crippen molar-refractivity contribution >= 4 is 24.2 Å². The summed E-state index contributed by atoms with van der Waals surface area (Å²) in [6.45, 7) is 11.5. The molecule has 0 radical (unpaired) electrons. The van der Waals surface area contributed by atoms with E-state index in [1.165, 1.54) is 0 Å². The number of rotatable bonds is 13. The van der Waals surface area contributed by atoms with E-state index in [1.807, 2.05) is 71.9 Å². The van der Waals surface area contributed by atoms with Gasteiger partial charge in [0.2, 0.25) is 11.8 Å². The van der Waals surface area contributed by atoms with E-state index in [9.17, 15) is 19.2 Å². The summed E-state index contributed by atoms with van der Waals surface area (Å²) in [6.07, 6.45) is 0.897. The number of aldehydes is 1. The molecule has 33 heavy (non-hydrogen) atoms. The lowest BCUT2D eigenvalue weighted by Crippen LogP contribution is -2.57. The summed E-state index contributed by atoms with van der Waals surface area (Å²) in [6, 6.07) is 6.91. The van der Waals surface area contributed by atoms with Gasteiger partial charge in [0.25, 0.3) is 0 Å². The first-order valence-electron chi connectivity index (χ1n) is 11.6. The van der Waals surface area contributed by atoms with Gasteiger partial charge in [-0.05, 0) is 36.2 Å². The highest BCUT2D eigenvalue weighted by molar-refractivity contribution is 5.92. The predicted octanol–water partition coefficient (Wildman–Crippen LogP) is 3.20. The van der Waals surface area contributed by atoms with Gasteiger partial charge in [-0.3, -0.25) is 9.59 Å². The molecule has 1 aromatic carbocycles. The third-order valence-electron chi connectivity index (χ3n) is 4.99. The Balaban J connectivity index is 2.80. The van der Waals surface area contributed by atoms with Crippen molar-refractivity contribution in [3.05, 3.63) is 35.9 Å². The van der Waals surface area contributed by atoms with Crippen LogP contribution in [0.5, 0.6) is 0 Å². The number of ether oxygens (including phenoxy) is 1. The van der Waals surface area contributed by atoms with Crippen LogP contribution >= 0.6 is 0 Å². The number of hydrogen-bond donors (Lipinski definition) is 3. The van der Waals surface area contributed by atoms with Crippen LogP contribution in [0.25, 0.3) is 0 Å². The van der Waals surface area contributed by atoms with E-state index in [0.717, 1.165) is 5.56 Å². The molecule has 8 heteroatoms. The Morgan fingerprint density at radius 1 is 0.848 bits per heavy atom. The maximum Gasteiger partial charge on any atom is 0.408 e. The minimum Gasteiger partial charge on any atom is -0.445 e. The lowest BCUT2D eigenvalue weighted by atomic mass is 9.99. The molecule has 3 atom stereocenters. The highest BCUT2D eigenvalue weighted by Gasteiger charge is 2.30. The standard InChI is InChI=1S/C25H39N3O5/c1-16(2)12-20(14-29)26-24(31)22(18(5)6)28-23(30)21(13-17(3)4)27-25(32)33-15-19-10-8-7-9-11-19/h7-11,14,16-18,20-22H,12-13,15H2,1-6H3,(H,26,31)(H,27,32)(H,28,30)/t20-,21-,22-/m0/s1. The molecule has 0 fully saturated rings. The topological polar surface area (TPSA) is 114 Å². The highest BCUT2D eigenvalue weighted by Crippen LogP contribution is 2.10. The molecule has 0 unspecified atom stereocenters. The highest BCUT2D eigenvalue weighted by atomic mass is 16.5. The van der Waals surface area contributed by atoms with Gasteiger partial charge in [0.05, 0.1) is 6.04 Å². The van der Waals surface area contributed by atoms with Crippen LogP contribution in [-0.2, 0) is 25.7 Å². The van der Waals surface area contributed by atoms with E-state index >= 15 is 0 Å². The molecular formula is C25H39N3O5. The van der Waals surface area contributed by atoms with Crippen LogP contribution in [0.15, 0.2) is 30.3 Å². The minimum atomic E-state index is -0.861. The number of amides is 3. The molecule has 0 aliphatic rings. The van der Waals surface area contributed by atoms with Crippen molar-refractivity contribution < 1.29 is 23.9 Å². The second-order valence-corrected chi connectivity index (χ2v) is 9.50. The van der Waals surface area contributed by atoms with E-state index in [1.54, 1.807) is 0 Å². The van der Waals surface area contributed by atoms with Crippen molar-refractivity contribution in [2.75, 3.05) is 0 Å². The average molecular weight is 462 g/mol. The summed E-state index contributed by atoms with van der Waals surface area (Å²) in [7, 11) is 0. The Bertz CT molecular complexity index is 765. The van der Waals surface area contributed by atoms with Gasteiger partial charge in [-0.1, -0.05) is 71.9 Å². The van der Waals surface area contributed by atoms with Crippen LogP contribution < -0.4 is 16.0 Å². The van der Waals surface area contributed by atoms with Crippen LogP contribution in [0.1, 0.15) is 59.9 Å². The molecular weight excluding hydrogens is 422 g/mol. The minimum absolute atomic E-state index is 0.0860.